The van der Waals surface area contributed by atoms with E-state index in [4.69, 9.17) is 0 Å². The number of aromatic hydroxyl groups is 1. The van der Waals surface area contributed by atoms with Crippen molar-refractivity contribution in [3.05, 3.63) is 29.3 Å². The SMILES string of the molecule is CC1CCCN1C1CCCc2ccc(O)cc21. The first kappa shape index (κ1) is 11.1. The Morgan fingerprint density at radius 2 is 2.12 bits per heavy atom. The highest BCUT2D eigenvalue weighted by atomic mass is 16.3. The van der Waals surface area contributed by atoms with E-state index in [0.29, 0.717) is 17.8 Å². The van der Waals surface area contributed by atoms with Gasteiger partial charge in [0.25, 0.3) is 0 Å². The molecule has 0 amide bonds. The second kappa shape index (κ2) is 4.34. The summed E-state index contributed by atoms with van der Waals surface area (Å²) >= 11 is 0. The van der Waals surface area contributed by atoms with E-state index < -0.39 is 0 Å². The first-order valence-corrected chi connectivity index (χ1v) is 6.83. The van der Waals surface area contributed by atoms with Crippen LogP contribution in [0.3, 0.4) is 0 Å². The summed E-state index contributed by atoms with van der Waals surface area (Å²) in [4.78, 5) is 2.64. The van der Waals surface area contributed by atoms with Crippen molar-refractivity contribution in [2.24, 2.45) is 0 Å². The second-order valence-corrected chi connectivity index (χ2v) is 5.52. The molecule has 1 aliphatic heterocycles. The van der Waals surface area contributed by atoms with Crippen LogP contribution >= 0.6 is 0 Å². The zero-order valence-electron chi connectivity index (χ0n) is 10.5. The maximum atomic E-state index is 9.70. The molecule has 0 spiro atoms. The highest BCUT2D eigenvalue weighted by Crippen LogP contribution is 2.39. The van der Waals surface area contributed by atoms with Gasteiger partial charge in [-0.25, -0.2) is 0 Å². The molecule has 2 nitrogen and oxygen atoms in total. The van der Waals surface area contributed by atoms with Gasteiger partial charge < -0.3 is 5.11 Å². The van der Waals surface area contributed by atoms with Crippen LogP contribution in [-0.2, 0) is 6.42 Å². The fourth-order valence-electron chi connectivity index (χ4n) is 3.52. The number of hydrogen-bond donors (Lipinski definition) is 1. The van der Waals surface area contributed by atoms with E-state index >= 15 is 0 Å². The molecule has 1 aliphatic carbocycles. The second-order valence-electron chi connectivity index (χ2n) is 5.52. The molecule has 0 bridgehead atoms. The number of fused-ring (bicyclic) bond motifs is 1. The van der Waals surface area contributed by atoms with E-state index in [2.05, 4.69) is 17.9 Å². The molecule has 0 saturated carbocycles. The van der Waals surface area contributed by atoms with Crippen LogP contribution in [0.2, 0.25) is 0 Å². The zero-order valence-corrected chi connectivity index (χ0v) is 10.5. The minimum absolute atomic E-state index is 0.419. The fraction of sp³-hybridized carbons (Fsp3) is 0.600. The highest BCUT2D eigenvalue weighted by molar-refractivity contribution is 5.38. The lowest BCUT2D eigenvalue weighted by Gasteiger charge is -2.36. The maximum absolute atomic E-state index is 9.70. The minimum Gasteiger partial charge on any atom is -0.508 e. The molecule has 0 aromatic heterocycles. The van der Waals surface area contributed by atoms with Crippen molar-refractivity contribution in [1.82, 2.24) is 4.90 Å². The van der Waals surface area contributed by atoms with Crippen molar-refractivity contribution in [2.45, 2.75) is 51.1 Å². The van der Waals surface area contributed by atoms with Gasteiger partial charge in [0.15, 0.2) is 0 Å². The van der Waals surface area contributed by atoms with Crippen LogP contribution in [0.25, 0.3) is 0 Å². The third kappa shape index (κ3) is 1.95. The van der Waals surface area contributed by atoms with Crippen molar-refractivity contribution < 1.29 is 5.11 Å². The Kier molecular flexibility index (Phi) is 2.83. The molecule has 2 aliphatic rings. The topological polar surface area (TPSA) is 23.5 Å². The van der Waals surface area contributed by atoms with Crippen molar-refractivity contribution in [2.75, 3.05) is 6.54 Å². The first-order chi connectivity index (χ1) is 8.25. The smallest absolute Gasteiger partial charge is 0.115 e. The van der Waals surface area contributed by atoms with Gasteiger partial charge in [-0.05, 0) is 68.8 Å². The first-order valence-electron chi connectivity index (χ1n) is 6.83. The Balaban J connectivity index is 1.95. The van der Waals surface area contributed by atoms with Crippen LogP contribution in [0.4, 0.5) is 0 Å². The summed E-state index contributed by atoms with van der Waals surface area (Å²) < 4.78 is 0. The zero-order chi connectivity index (χ0) is 11.8. The monoisotopic (exact) mass is 231 g/mol. The van der Waals surface area contributed by atoms with Gasteiger partial charge in [-0.3, -0.25) is 4.90 Å². The molecule has 1 aromatic carbocycles. The van der Waals surface area contributed by atoms with Gasteiger partial charge in [0.2, 0.25) is 0 Å². The Bertz CT molecular complexity index is 415. The van der Waals surface area contributed by atoms with E-state index in [9.17, 15) is 5.11 Å². The molecule has 3 rings (SSSR count). The molecule has 1 aromatic rings. The van der Waals surface area contributed by atoms with E-state index in [1.54, 1.807) is 0 Å². The van der Waals surface area contributed by atoms with Gasteiger partial charge in [0, 0.05) is 12.1 Å². The molecule has 1 heterocycles. The molecule has 2 heteroatoms. The van der Waals surface area contributed by atoms with Crippen molar-refractivity contribution in [1.29, 1.82) is 0 Å². The number of likely N-dealkylation sites (tertiary alicyclic amines) is 1. The highest BCUT2D eigenvalue weighted by Gasteiger charge is 2.31. The van der Waals surface area contributed by atoms with E-state index in [1.165, 1.54) is 49.8 Å². The molecule has 2 atom stereocenters. The molecule has 2 unspecified atom stereocenters. The molecule has 92 valence electrons. The molecule has 17 heavy (non-hydrogen) atoms. The predicted octanol–water partition coefficient (Wildman–Crippen LogP) is 3.25. The number of benzene rings is 1. The summed E-state index contributed by atoms with van der Waals surface area (Å²) in [5.74, 6) is 0.419. The molecular weight excluding hydrogens is 210 g/mol. The fourth-order valence-corrected chi connectivity index (χ4v) is 3.52. The van der Waals surface area contributed by atoms with Crippen LogP contribution in [-0.4, -0.2) is 22.6 Å². The average Bonchev–Trinajstić information content (AvgIpc) is 2.74. The third-order valence-corrected chi connectivity index (χ3v) is 4.42. The lowest BCUT2D eigenvalue weighted by molar-refractivity contribution is 0.172. The lowest BCUT2D eigenvalue weighted by Crippen LogP contribution is -2.33. The number of rotatable bonds is 1. The molecule has 0 radical (unpaired) electrons. The van der Waals surface area contributed by atoms with Gasteiger partial charge in [0.1, 0.15) is 5.75 Å². The van der Waals surface area contributed by atoms with E-state index in [0.717, 1.165) is 0 Å². The summed E-state index contributed by atoms with van der Waals surface area (Å²) in [6, 6.07) is 7.17. The summed E-state index contributed by atoms with van der Waals surface area (Å²) in [5, 5.41) is 9.70. The van der Waals surface area contributed by atoms with E-state index in [1.807, 2.05) is 12.1 Å². The Labute approximate surface area is 103 Å². The molecular formula is C15H21NO. The van der Waals surface area contributed by atoms with Crippen LogP contribution in [0, 0.1) is 0 Å². The summed E-state index contributed by atoms with van der Waals surface area (Å²) in [6.45, 7) is 3.56. The molecule has 1 N–H and O–H groups in total. The lowest BCUT2D eigenvalue weighted by atomic mass is 9.86. The number of nitrogens with zero attached hydrogens (tertiary/aromatic N) is 1. The Morgan fingerprint density at radius 1 is 1.24 bits per heavy atom. The Hall–Kier alpha value is -1.02. The number of phenolic OH excluding ortho intramolecular Hbond substituents is 1. The summed E-state index contributed by atoms with van der Waals surface area (Å²) in [7, 11) is 0. The van der Waals surface area contributed by atoms with Gasteiger partial charge in [0.05, 0.1) is 0 Å². The van der Waals surface area contributed by atoms with Crippen LogP contribution < -0.4 is 0 Å². The van der Waals surface area contributed by atoms with Crippen molar-refractivity contribution >= 4 is 0 Å². The minimum atomic E-state index is 0.419. The van der Waals surface area contributed by atoms with Gasteiger partial charge >= 0.3 is 0 Å². The van der Waals surface area contributed by atoms with Gasteiger partial charge in [-0.1, -0.05) is 6.07 Å². The van der Waals surface area contributed by atoms with Crippen LogP contribution in [0.1, 0.15) is 49.8 Å². The number of phenols is 1. The standard InChI is InChI=1S/C15H21NO/c1-11-4-3-9-16(11)15-6-2-5-12-7-8-13(17)10-14(12)15/h7-8,10-11,15,17H,2-6,9H2,1H3. The quantitative estimate of drug-likeness (QED) is 0.802. The van der Waals surface area contributed by atoms with Crippen molar-refractivity contribution in [3.8, 4) is 5.75 Å². The largest absolute Gasteiger partial charge is 0.508 e. The number of hydrogen-bond acceptors (Lipinski definition) is 2. The Morgan fingerprint density at radius 3 is 2.88 bits per heavy atom. The maximum Gasteiger partial charge on any atom is 0.115 e. The third-order valence-electron chi connectivity index (χ3n) is 4.42. The number of aryl methyl sites for hydroxylation is 1. The van der Waals surface area contributed by atoms with Crippen molar-refractivity contribution in [3.63, 3.8) is 0 Å². The van der Waals surface area contributed by atoms with Crippen LogP contribution in [0.15, 0.2) is 18.2 Å². The predicted molar refractivity (Wildman–Crippen MR) is 69.2 cm³/mol. The van der Waals surface area contributed by atoms with Gasteiger partial charge in [-0.2, -0.15) is 0 Å². The summed E-state index contributed by atoms with van der Waals surface area (Å²) in [5.41, 5.74) is 2.82. The average molecular weight is 231 g/mol. The normalized spacial score (nSPS) is 29.2. The molecule has 1 saturated heterocycles. The van der Waals surface area contributed by atoms with Gasteiger partial charge in [-0.15, -0.1) is 0 Å². The van der Waals surface area contributed by atoms with Crippen LogP contribution in [0.5, 0.6) is 5.75 Å². The molecule has 1 fully saturated rings. The van der Waals surface area contributed by atoms with E-state index in [-0.39, 0.29) is 0 Å². The summed E-state index contributed by atoms with van der Waals surface area (Å²) in [6.07, 6.45) is 6.36.